The van der Waals surface area contributed by atoms with Crippen LogP contribution in [0.1, 0.15) is 15.9 Å². The summed E-state index contributed by atoms with van der Waals surface area (Å²) < 4.78 is 0. The number of benzene rings is 2. The highest BCUT2D eigenvalue weighted by molar-refractivity contribution is 6.34. The molecule has 2 aromatic carbocycles. The van der Waals surface area contributed by atoms with Crippen LogP contribution in [0.2, 0.25) is 10.0 Å². The lowest BCUT2D eigenvalue weighted by Gasteiger charge is -2.05. The van der Waals surface area contributed by atoms with Crippen LogP contribution in [0.3, 0.4) is 0 Å². The maximum Gasteiger partial charge on any atom is 0.273 e. The zero-order chi connectivity index (χ0) is 17.1. The van der Waals surface area contributed by atoms with Crippen LogP contribution in [-0.4, -0.2) is 15.6 Å². The minimum Gasteiger partial charge on any atom is -0.294 e. The summed E-state index contributed by atoms with van der Waals surface area (Å²) in [5.41, 5.74) is -0.520. The average molecular weight is 355 g/mol. The average Bonchev–Trinajstić information content (AvgIpc) is 2.46. The number of hydrogen-bond acceptors (Lipinski definition) is 5. The maximum atomic E-state index is 12.3. The molecule has 0 heterocycles. The van der Waals surface area contributed by atoms with Crippen molar-refractivity contribution in [3.05, 3.63) is 77.8 Å². The number of non-ortho nitro benzene ring substituents is 1. The van der Waals surface area contributed by atoms with Gasteiger partial charge in [0.25, 0.3) is 11.4 Å². The van der Waals surface area contributed by atoms with E-state index in [0.29, 0.717) is 0 Å². The summed E-state index contributed by atoms with van der Waals surface area (Å²) in [5.74, 6) is -0.580. The molecule has 0 N–H and O–H groups in total. The van der Waals surface area contributed by atoms with Crippen LogP contribution in [0, 0.1) is 20.2 Å². The van der Waals surface area contributed by atoms with Gasteiger partial charge in [0, 0.05) is 40.8 Å². The Labute approximate surface area is 139 Å². The number of carbonyl (C=O) groups is 1. The number of nitro groups is 2. The number of halogens is 2. The standard InChI is InChI=1S/C14H8Cl2N2O5/c15-9-1-4-13(18(22)23)8(5-9)6-14(19)11-7-10(17(20)21)2-3-12(11)16/h1-5,7H,6H2. The van der Waals surface area contributed by atoms with Gasteiger partial charge in [-0.05, 0) is 18.2 Å². The number of ketones is 1. The number of carbonyl (C=O) groups excluding carboxylic acids is 1. The van der Waals surface area contributed by atoms with Gasteiger partial charge in [0.15, 0.2) is 5.78 Å². The van der Waals surface area contributed by atoms with Gasteiger partial charge < -0.3 is 0 Å². The van der Waals surface area contributed by atoms with Crippen LogP contribution in [0.5, 0.6) is 0 Å². The van der Waals surface area contributed by atoms with E-state index in [2.05, 4.69) is 0 Å². The van der Waals surface area contributed by atoms with Crippen molar-refractivity contribution in [1.82, 2.24) is 0 Å². The minimum atomic E-state index is -0.658. The van der Waals surface area contributed by atoms with Gasteiger partial charge in [-0.15, -0.1) is 0 Å². The van der Waals surface area contributed by atoms with Crippen LogP contribution < -0.4 is 0 Å². The molecule has 0 spiro atoms. The van der Waals surface area contributed by atoms with E-state index in [1.54, 1.807) is 0 Å². The SMILES string of the molecule is O=C(Cc1cc(Cl)ccc1[N+](=O)[O-])c1cc([N+](=O)[O-])ccc1Cl. The Morgan fingerprint density at radius 3 is 2.30 bits per heavy atom. The highest BCUT2D eigenvalue weighted by Crippen LogP contribution is 2.27. The Bertz CT molecular complexity index is 823. The van der Waals surface area contributed by atoms with Crippen molar-refractivity contribution in [1.29, 1.82) is 0 Å². The number of rotatable bonds is 5. The number of nitro benzene ring substituents is 2. The first-order valence-corrected chi connectivity index (χ1v) is 6.95. The molecule has 7 nitrogen and oxygen atoms in total. The fraction of sp³-hybridized carbons (Fsp3) is 0.0714. The van der Waals surface area contributed by atoms with Gasteiger partial charge in [-0.1, -0.05) is 23.2 Å². The first-order chi connectivity index (χ1) is 10.8. The van der Waals surface area contributed by atoms with E-state index in [1.807, 2.05) is 0 Å². The largest absolute Gasteiger partial charge is 0.294 e. The van der Waals surface area contributed by atoms with Crippen LogP contribution in [0.4, 0.5) is 11.4 Å². The van der Waals surface area contributed by atoms with Gasteiger partial charge in [-0.2, -0.15) is 0 Å². The third-order valence-electron chi connectivity index (χ3n) is 3.05. The van der Waals surface area contributed by atoms with Crippen LogP contribution in [-0.2, 0) is 6.42 Å². The smallest absolute Gasteiger partial charge is 0.273 e. The van der Waals surface area contributed by atoms with Crippen molar-refractivity contribution in [3.8, 4) is 0 Å². The van der Waals surface area contributed by atoms with E-state index in [0.717, 1.165) is 6.07 Å². The molecule has 0 aromatic heterocycles. The van der Waals surface area contributed by atoms with E-state index in [1.165, 1.54) is 30.3 Å². The lowest BCUT2D eigenvalue weighted by Crippen LogP contribution is -2.07. The molecular formula is C14H8Cl2N2O5. The van der Waals surface area contributed by atoms with Gasteiger partial charge in [0.2, 0.25) is 0 Å². The zero-order valence-electron chi connectivity index (χ0n) is 11.4. The molecule has 0 amide bonds. The Morgan fingerprint density at radius 1 is 1.00 bits per heavy atom. The van der Waals surface area contributed by atoms with Crippen LogP contribution in [0.25, 0.3) is 0 Å². The molecule has 2 aromatic rings. The highest BCUT2D eigenvalue weighted by atomic mass is 35.5. The van der Waals surface area contributed by atoms with Gasteiger partial charge in [-0.25, -0.2) is 0 Å². The Hall–Kier alpha value is -2.51. The minimum absolute atomic E-state index is 0.0327. The lowest BCUT2D eigenvalue weighted by atomic mass is 10.0. The summed E-state index contributed by atoms with van der Waals surface area (Å²) in [5, 5.41) is 22.0. The maximum absolute atomic E-state index is 12.3. The van der Waals surface area contributed by atoms with Crippen molar-refractivity contribution in [3.63, 3.8) is 0 Å². The topological polar surface area (TPSA) is 103 Å². The Morgan fingerprint density at radius 2 is 1.70 bits per heavy atom. The van der Waals surface area contributed by atoms with Crippen LogP contribution in [0.15, 0.2) is 36.4 Å². The number of hydrogen-bond donors (Lipinski definition) is 0. The summed E-state index contributed by atoms with van der Waals surface area (Å²) in [6, 6.07) is 7.29. The van der Waals surface area contributed by atoms with Gasteiger partial charge in [0.05, 0.1) is 14.9 Å². The fourth-order valence-electron chi connectivity index (χ4n) is 1.98. The van der Waals surface area contributed by atoms with E-state index >= 15 is 0 Å². The fourth-order valence-corrected chi connectivity index (χ4v) is 2.40. The first-order valence-electron chi connectivity index (χ1n) is 6.19. The van der Waals surface area contributed by atoms with Crippen molar-refractivity contribution in [2.24, 2.45) is 0 Å². The summed E-state index contributed by atoms with van der Waals surface area (Å²) in [6.07, 6.45) is -0.349. The normalized spacial score (nSPS) is 10.3. The Kier molecular flexibility index (Phi) is 4.92. The van der Waals surface area contributed by atoms with Crippen molar-refractivity contribution >= 4 is 40.4 Å². The van der Waals surface area contributed by atoms with Gasteiger partial charge in [-0.3, -0.25) is 25.0 Å². The first kappa shape index (κ1) is 16.9. The molecule has 0 unspecified atom stereocenters. The zero-order valence-corrected chi connectivity index (χ0v) is 12.9. The second kappa shape index (κ2) is 6.72. The second-order valence-corrected chi connectivity index (χ2v) is 5.39. The molecule has 0 bridgehead atoms. The van der Waals surface area contributed by atoms with Crippen molar-refractivity contribution in [2.45, 2.75) is 6.42 Å². The van der Waals surface area contributed by atoms with Gasteiger partial charge in [0.1, 0.15) is 0 Å². The third kappa shape index (κ3) is 3.82. The quantitative estimate of drug-likeness (QED) is 0.453. The summed E-state index contributed by atoms with van der Waals surface area (Å²) in [4.78, 5) is 32.8. The molecule has 0 aliphatic heterocycles. The molecular weight excluding hydrogens is 347 g/mol. The van der Waals surface area contributed by atoms with E-state index < -0.39 is 15.6 Å². The molecule has 0 saturated heterocycles. The second-order valence-electron chi connectivity index (χ2n) is 4.55. The molecule has 9 heteroatoms. The van der Waals surface area contributed by atoms with Crippen molar-refractivity contribution < 1.29 is 14.6 Å². The van der Waals surface area contributed by atoms with E-state index in [9.17, 15) is 25.0 Å². The summed E-state index contributed by atoms with van der Waals surface area (Å²) in [6.45, 7) is 0. The highest BCUT2D eigenvalue weighted by Gasteiger charge is 2.21. The van der Waals surface area contributed by atoms with Crippen molar-refractivity contribution in [2.75, 3.05) is 0 Å². The van der Waals surface area contributed by atoms with E-state index in [4.69, 9.17) is 23.2 Å². The molecule has 0 atom stereocenters. The summed E-state index contributed by atoms with van der Waals surface area (Å²) >= 11 is 11.7. The summed E-state index contributed by atoms with van der Waals surface area (Å²) in [7, 11) is 0. The van der Waals surface area contributed by atoms with Crippen LogP contribution >= 0.6 is 23.2 Å². The molecule has 0 aliphatic carbocycles. The number of nitrogens with zero attached hydrogens (tertiary/aromatic N) is 2. The molecule has 23 heavy (non-hydrogen) atoms. The predicted octanol–water partition coefficient (Wildman–Crippen LogP) is 4.24. The lowest BCUT2D eigenvalue weighted by molar-refractivity contribution is -0.385. The molecule has 0 aliphatic rings. The molecule has 2 rings (SSSR count). The monoisotopic (exact) mass is 354 g/mol. The van der Waals surface area contributed by atoms with E-state index in [-0.39, 0.29) is 39.0 Å². The molecule has 0 fully saturated rings. The number of Topliss-reactive ketones (excluding diaryl/α,β-unsaturated/α-hetero) is 1. The predicted molar refractivity (Wildman–Crippen MR) is 84.2 cm³/mol. The molecule has 0 saturated carbocycles. The molecule has 118 valence electrons. The Balaban J connectivity index is 2.40. The molecule has 0 radical (unpaired) electrons. The van der Waals surface area contributed by atoms with Gasteiger partial charge >= 0.3 is 0 Å². The third-order valence-corrected chi connectivity index (χ3v) is 3.62.